The molecule has 0 radical (unpaired) electrons. The maximum atomic E-state index is 14.3. The van der Waals surface area contributed by atoms with Crippen LogP contribution in [0.1, 0.15) is 53.6 Å². The Labute approximate surface area is 211 Å². The van der Waals surface area contributed by atoms with Crippen LogP contribution in [0.5, 0.6) is 0 Å². The molecule has 1 aromatic carbocycles. The van der Waals surface area contributed by atoms with Crippen LogP contribution in [0, 0.1) is 12.8 Å². The van der Waals surface area contributed by atoms with Crippen LogP contribution in [0.3, 0.4) is 0 Å². The van der Waals surface area contributed by atoms with Gasteiger partial charge in [0.05, 0.1) is 11.5 Å². The smallest absolute Gasteiger partial charge is 0.255 e. The summed E-state index contributed by atoms with van der Waals surface area (Å²) in [7, 11) is 0. The van der Waals surface area contributed by atoms with Crippen molar-refractivity contribution < 1.29 is 14.4 Å². The normalized spacial score (nSPS) is 28.5. The molecule has 3 fully saturated rings. The maximum Gasteiger partial charge on any atom is 0.255 e. The average Bonchev–Trinajstić information content (AvgIpc) is 3.53. The van der Waals surface area contributed by atoms with E-state index in [1.54, 1.807) is 12.4 Å². The van der Waals surface area contributed by atoms with Crippen LogP contribution >= 0.6 is 0 Å². The van der Waals surface area contributed by atoms with Crippen molar-refractivity contribution in [3.05, 3.63) is 59.4 Å². The zero-order valence-corrected chi connectivity index (χ0v) is 20.8. The molecule has 5 heterocycles. The highest BCUT2D eigenvalue weighted by Crippen LogP contribution is 2.57. The van der Waals surface area contributed by atoms with Gasteiger partial charge in [0, 0.05) is 55.9 Å². The van der Waals surface area contributed by atoms with Gasteiger partial charge < -0.3 is 15.1 Å². The molecule has 0 saturated carbocycles. The summed E-state index contributed by atoms with van der Waals surface area (Å²) in [4.78, 5) is 51.5. The van der Waals surface area contributed by atoms with Crippen molar-refractivity contribution in [2.45, 2.75) is 50.6 Å². The summed E-state index contributed by atoms with van der Waals surface area (Å²) in [6.45, 7) is 4.84. The van der Waals surface area contributed by atoms with Gasteiger partial charge in [-0.2, -0.15) is 0 Å². The van der Waals surface area contributed by atoms with Gasteiger partial charge in [0.2, 0.25) is 5.91 Å². The van der Waals surface area contributed by atoms with Crippen molar-refractivity contribution in [2.24, 2.45) is 5.92 Å². The lowest BCUT2D eigenvalue weighted by Gasteiger charge is -2.37. The Hall–Kier alpha value is -3.26. The van der Waals surface area contributed by atoms with E-state index in [9.17, 15) is 14.4 Å². The lowest BCUT2D eigenvalue weighted by molar-refractivity contribution is -0.138. The number of anilines is 1. The SMILES string of the molecule is Cc1cncc(C(=O)N2CCCNC(=O)[C@H]3C[C@@H]4CCCN4[C@@]34C(=O)N(CCC2)c2ccccc24)c1. The molecular formula is C28H33N5O3. The lowest BCUT2D eigenvalue weighted by Crippen LogP contribution is -2.56. The second-order valence-corrected chi connectivity index (χ2v) is 10.6. The molecule has 3 amide bonds. The first kappa shape index (κ1) is 23.2. The maximum absolute atomic E-state index is 14.3. The topological polar surface area (TPSA) is 85.9 Å². The van der Waals surface area contributed by atoms with Gasteiger partial charge >= 0.3 is 0 Å². The molecule has 1 aromatic heterocycles. The number of benzene rings is 1. The molecule has 1 N–H and O–H groups in total. The van der Waals surface area contributed by atoms with Crippen LogP contribution < -0.4 is 10.2 Å². The molecule has 2 bridgehead atoms. The molecule has 3 saturated heterocycles. The van der Waals surface area contributed by atoms with E-state index in [-0.39, 0.29) is 23.8 Å². The fourth-order valence-electron chi connectivity index (χ4n) is 6.98. The number of hydrogen-bond acceptors (Lipinski definition) is 5. The fraction of sp³-hybridized carbons (Fsp3) is 0.500. The van der Waals surface area contributed by atoms with Crippen LogP contribution in [0.2, 0.25) is 0 Å². The van der Waals surface area contributed by atoms with Crippen molar-refractivity contribution >= 4 is 23.4 Å². The Morgan fingerprint density at radius 2 is 1.89 bits per heavy atom. The number of carbonyl (C=O) groups is 3. The summed E-state index contributed by atoms with van der Waals surface area (Å²) in [6, 6.07) is 10.1. The third-order valence-electron chi connectivity index (χ3n) is 8.46. The van der Waals surface area contributed by atoms with Crippen molar-refractivity contribution in [1.82, 2.24) is 20.1 Å². The Morgan fingerprint density at radius 1 is 1.06 bits per heavy atom. The second-order valence-electron chi connectivity index (χ2n) is 10.6. The van der Waals surface area contributed by atoms with Crippen molar-refractivity contribution in [3.63, 3.8) is 0 Å². The summed E-state index contributed by atoms with van der Waals surface area (Å²) >= 11 is 0. The fourth-order valence-corrected chi connectivity index (χ4v) is 6.98. The van der Waals surface area contributed by atoms with Gasteiger partial charge in [-0.3, -0.25) is 24.3 Å². The van der Waals surface area contributed by atoms with E-state index in [1.165, 1.54) is 0 Å². The van der Waals surface area contributed by atoms with Gasteiger partial charge in [0.1, 0.15) is 5.54 Å². The van der Waals surface area contributed by atoms with Crippen LogP contribution in [0.4, 0.5) is 5.69 Å². The molecule has 1 spiro atoms. The van der Waals surface area contributed by atoms with Gasteiger partial charge in [-0.25, -0.2) is 0 Å². The van der Waals surface area contributed by atoms with E-state index in [1.807, 2.05) is 47.1 Å². The third-order valence-corrected chi connectivity index (χ3v) is 8.46. The van der Waals surface area contributed by atoms with E-state index in [4.69, 9.17) is 0 Å². The van der Waals surface area contributed by atoms with E-state index in [0.717, 1.165) is 36.2 Å². The summed E-state index contributed by atoms with van der Waals surface area (Å²) in [5.41, 5.74) is 2.47. The van der Waals surface area contributed by atoms with Crippen molar-refractivity contribution in [3.8, 4) is 0 Å². The number of hydrogen-bond donors (Lipinski definition) is 1. The number of nitrogens with zero attached hydrogens (tertiary/aromatic N) is 4. The minimum absolute atomic E-state index is 0.0215. The molecule has 6 rings (SSSR count). The number of carbonyl (C=O) groups excluding carboxylic acids is 3. The summed E-state index contributed by atoms with van der Waals surface area (Å²) in [5.74, 6) is -0.491. The van der Waals surface area contributed by atoms with Crippen molar-refractivity contribution in [2.75, 3.05) is 37.6 Å². The van der Waals surface area contributed by atoms with Gasteiger partial charge in [-0.15, -0.1) is 0 Å². The largest absolute Gasteiger partial charge is 0.356 e. The molecule has 8 nitrogen and oxygen atoms in total. The average molecular weight is 488 g/mol. The molecular weight excluding hydrogens is 454 g/mol. The molecule has 3 atom stereocenters. The molecule has 2 aromatic rings. The molecule has 0 aliphatic carbocycles. The zero-order chi connectivity index (χ0) is 24.9. The quantitative estimate of drug-likeness (QED) is 0.668. The highest BCUT2D eigenvalue weighted by molar-refractivity contribution is 6.11. The highest BCUT2D eigenvalue weighted by atomic mass is 16.2. The zero-order valence-electron chi connectivity index (χ0n) is 20.8. The molecule has 4 aliphatic rings. The minimum atomic E-state index is -0.918. The predicted octanol–water partition coefficient (Wildman–Crippen LogP) is 2.47. The van der Waals surface area contributed by atoms with Crippen LogP contribution in [0.15, 0.2) is 42.7 Å². The monoisotopic (exact) mass is 487 g/mol. The molecule has 36 heavy (non-hydrogen) atoms. The second kappa shape index (κ2) is 9.00. The summed E-state index contributed by atoms with van der Waals surface area (Å²) in [6.07, 6.45) is 7.47. The number of para-hydroxylation sites is 1. The number of aromatic nitrogens is 1. The minimum Gasteiger partial charge on any atom is -0.356 e. The Balaban J connectivity index is 1.35. The first-order valence-corrected chi connectivity index (χ1v) is 13.2. The Morgan fingerprint density at radius 3 is 2.75 bits per heavy atom. The Kier molecular flexibility index (Phi) is 5.79. The van der Waals surface area contributed by atoms with E-state index in [2.05, 4.69) is 15.2 Å². The molecule has 0 unspecified atom stereocenters. The van der Waals surface area contributed by atoms with E-state index in [0.29, 0.717) is 51.0 Å². The number of pyridine rings is 1. The summed E-state index contributed by atoms with van der Waals surface area (Å²) < 4.78 is 0. The summed E-state index contributed by atoms with van der Waals surface area (Å²) in [5, 5.41) is 3.13. The third kappa shape index (κ3) is 3.45. The number of rotatable bonds is 1. The van der Waals surface area contributed by atoms with E-state index < -0.39 is 11.5 Å². The first-order chi connectivity index (χ1) is 17.5. The van der Waals surface area contributed by atoms with Crippen molar-refractivity contribution in [1.29, 1.82) is 0 Å². The van der Waals surface area contributed by atoms with E-state index >= 15 is 0 Å². The number of nitrogens with one attached hydrogen (secondary N) is 1. The van der Waals surface area contributed by atoms with Gasteiger partial charge in [0.15, 0.2) is 0 Å². The van der Waals surface area contributed by atoms with Gasteiger partial charge in [-0.1, -0.05) is 18.2 Å². The first-order valence-electron chi connectivity index (χ1n) is 13.2. The number of fused-ring (bicyclic) bond motifs is 4. The van der Waals surface area contributed by atoms with Crippen LogP contribution in [-0.4, -0.2) is 71.3 Å². The van der Waals surface area contributed by atoms with Crippen LogP contribution in [-0.2, 0) is 15.1 Å². The molecule has 8 heteroatoms. The van der Waals surface area contributed by atoms with Gasteiger partial charge in [-0.05, 0) is 63.3 Å². The number of aryl methyl sites for hydroxylation is 1. The Bertz CT molecular complexity index is 1220. The predicted molar refractivity (Wildman–Crippen MR) is 135 cm³/mol. The lowest BCUT2D eigenvalue weighted by atomic mass is 9.78. The molecule has 4 aliphatic heterocycles. The highest BCUT2D eigenvalue weighted by Gasteiger charge is 2.66. The molecule has 188 valence electrons. The van der Waals surface area contributed by atoms with Gasteiger partial charge in [0.25, 0.3) is 11.8 Å². The van der Waals surface area contributed by atoms with Crippen LogP contribution in [0.25, 0.3) is 0 Å². The number of amides is 3. The standard InChI is InChI=1S/C28H33N5O3/c1-19-15-20(18-29-17-19)26(35)31-11-5-10-30-25(34)23-16-21-7-4-14-33(21)28(23)22-8-2-3-9-24(22)32(27(28)36)13-6-12-31/h2-3,8-9,15,17-18,21,23H,4-7,10-14,16H2,1H3,(H,30,34)/t21-,23+,28+/m0/s1.